The summed E-state index contributed by atoms with van der Waals surface area (Å²) >= 11 is 12.9. The summed E-state index contributed by atoms with van der Waals surface area (Å²) < 4.78 is 28.9. The van der Waals surface area contributed by atoms with Crippen LogP contribution in [0.3, 0.4) is 0 Å². The van der Waals surface area contributed by atoms with Gasteiger partial charge in [0.05, 0.1) is 10.6 Å². The molecule has 1 atom stereocenters. The molecule has 0 aromatic heterocycles. The molecule has 0 heterocycles. The zero-order valence-electron chi connectivity index (χ0n) is 23.2. The van der Waals surface area contributed by atoms with Crippen molar-refractivity contribution in [1.29, 1.82) is 0 Å². The highest BCUT2D eigenvalue weighted by molar-refractivity contribution is 7.92. The topological polar surface area (TPSA) is 86.8 Å². The van der Waals surface area contributed by atoms with Crippen LogP contribution in [-0.2, 0) is 26.2 Å². The summed E-state index contributed by atoms with van der Waals surface area (Å²) in [5.41, 5.74) is 1.68. The van der Waals surface area contributed by atoms with E-state index in [2.05, 4.69) is 5.32 Å². The Balaban J connectivity index is 1.73. The first-order chi connectivity index (χ1) is 19.6. The van der Waals surface area contributed by atoms with Gasteiger partial charge in [-0.2, -0.15) is 0 Å². The maximum atomic E-state index is 14.2. The lowest BCUT2D eigenvalue weighted by Crippen LogP contribution is -2.53. The number of rotatable bonds is 11. The Bertz CT molecular complexity index is 1480. The summed E-state index contributed by atoms with van der Waals surface area (Å²) in [6, 6.07) is 19.2. The lowest BCUT2D eigenvalue weighted by atomic mass is 10.1. The van der Waals surface area contributed by atoms with E-state index in [4.69, 9.17) is 23.2 Å². The molecule has 3 aromatic carbocycles. The van der Waals surface area contributed by atoms with Crippen molar-refractivity contribution in [2.75, 3.05) is 10.8 Å². The van der Waals surface area contributed by atoms with E-state index in [9.17, 15) is 18.0 Å². The molecule has 1 fully saturated rings. The number of halogens is 2. The minimum Gasteiger partial charge on any atom is -0.352 e. The first-order valence-electron chi connectivity index (χ1n) is 13.8. The Labute approximate surface area is 252 Å². The number of sulfonamides is 1. The molecule has 1 saturated carbocycles. The number of carbonyl (C=O) groups is 2. The molecular formula is C31H35Cl2N3O4S. The van der Waals surface area contributed by atoms with Crippen molar-refractivity contribution in [2.24, 2.45) is 0 Å². The first-order valence-corrected chi connectivity index (χ1v) is 16.0. The van der Waals surface area contributed by atoms with Crippen molar-refractivity contribution in [1.82, 2.24) is 10.2 Å². The van der Waals surface area contributed by atoms with E-state index in [-0.39, 0.29) is 29.1 Å². The molecule has 1 aliphatic carbocycles. The van der Waals surface area contributed by atoms with Gasteiger partial charge in [-0.25, -0.2) is 8.42 Å². The molecule has 41 heavy (non-hydrogen) atoms. The molecule has 0 aliphatic heterocycles. The van der Waals surface area contributed by atoms with Gasteiger partial charge in [0.15, 0.2) is 0 Å². The second-order valence-electron chi connectivity index (χ2n) is 10.3. The number of hydrogen-bond donors (Lipinski definition) is 1. The molecule has 0 bridgehead atoms. The van der Waals surface area contributed by atoms with Crippen LogP contribution >= 0.6 is 23.2 Å². The molecule has 4 rings (SSSR count). The normalized spacial score (nSPS) is 14.4. The molecular weight excluding hydrogens is 581 g/mol. The van der Waals surface area contributed by atoms with E-state index in [0.717, 1.165) is 35.6 Å². The minimum absolute atomic E-state index is 0.0353. The number of hydrogen-bond acceptors (Lipinski definition) is 4. The minimum atomic E-state index is -4.16. The molecule has 3 aromatic rings. The van der Waals surface area contributed by atoms with Gasteiger partial charge in [0.1, 0.15) is 12.6 Å². The molecule has 1 aliphatic rings. The average Bonchev–Trinajstić information content (AvgIpc) is 3.47. The van der Waals surface area contributed by atoms with Gasteiger partial charge in [0.25, 0.3) is 10.0 Å². The molecule has 0 unspecified atom stereocenters. The molecule has 218 valence electrons. The molecule has 2 amide bonds. The van der Waals surface area contributed by atoms with E-state index in [1.54, 1.807) is 48.5 Å². The highest BCUT2D eigenvalue weighted by Gasteiger charge is 2.35. The lowest BCUT2D eigenvalue weighted by molar-refractivity contribution is -0.140. The Morgan fingerprint density at radius 1 is 0.951 bits per heavy atom. The van der Waals surface area contributed by atoms with Crippen LogP contribution in [0.15, 0.2) is 77.7 Å². The predicted octanol–water partition coefficient (Wildman–Crippen LogP) is 6.36. The zero-order valence-corrected chi connectivity index (χ0v) is 25.6. The van der Waals surface area contributed by atoms with Crippen LogP contribution in [-0.4, -0.2) is 43.8 Å². The second-order valence-corrected chi connectivity index (χ2v) is 13.0. The summed E-state index contributed by atoms with van der Waals surface area (Å²) in [5, 5.41) is 3.93. The van der Waals surface area contributed by atoms with Crippen LogP contribution in [0, 0.1) is 6.92 Å². The lowest BCUT2D eigenvalue weighted by Gasteiger charge is -2.34. The number of anilines is 1. The van der Waals surface area contributed by atoms with Crippen molar-refractivity contribution < 1.29 is 18.0 Å². The third-order valence-electron chi connectivity index (χ3n) is 7.44. The number of nitrogens with one attached hydrogen (secondary N) is 1. The van der Waals surface area contributed by atoms with Gasteiger partial charge >= 0.3 is 0 Å². The van der Waals surface area contributed by atoms with Crippen molar-refractivity contribution >= 4 is 50.7 Å². The monoisotopic (exact) mass is 615 g/mol. The van der Waals surface area contributed by atoms with Gasteiger partial charge in [0, 0.05) is 22.6 Å². The van der Waals surface area contributed by atoms with Crippen LogP contribution in [0.4, 0.5) is 5.69 Å². The maximum Gasteiger partial charge on any atom is 0.264 e. The van der Waals surface area contributed by atoms with Crippen LogP contribution in [0.2, 0.25) is 10.0 Å². The Kier molecular flexibility index (Phi) is 10.3. The number of benzene rings is 3. The Morgan fingerprint density at radius 3 is 2.24 bits per heavy atom. The first kappa shape index (κ1) is 30.9. The molecule has 0 radical (unpaired) electrons. The van der Waals surface area contributed by atoms with Gasteiger partial charge in [-0.15, -0.1) is 0 Å². The number of nitrogens with zero attached hydrogens (tertiary/aromatic N) is 2. The van der Waals surface area contributed by atoms with E-state index in [1.807, 2.05) is 19.9 Å². The fraction of sp³-hybridized carbons (Fsp3) is 0.355. The van der Waals surface area contributed by atoms with Crippen molar-refractivity contribution in [2.45, 2.75) is 69.5 Å². The Morgan fingerprint density at radius 2 is 1.61 bits per heavy atom. The van der Waals surface area contributed by atoms with E-state index < -0.39 is 28.5 Å². The van der Waals surface area contributed by atoms with Crippen LogP contribution in [0.5, 0.6) is 0 Å². The fourth-order valence-corrected chi connectivity index (χ4v) is 6.88. The van der Waals surface area contributed by atoms with E-state index >= 15 is 0 Å². The molecule has 0 spiro atoms. The van der Waals surface area contributed by atoms with Crippen molar-refractivity contribution in [3.8, 4) is 0 Å². The Hall–Kier alpha value is -3.07. The summed E-state index contributed by atoms with van der Waals surface area (Å²) in [4.78, 5) is 29.2. The summed E-state index contributed by atoms with van der Waals surface area (Å²) in [5.74, 6) is -0.787. The highest BCUT2D eigenvalue weighted by atomic mass is 35.5. The quantitative estimate of drug-likeness (QED) is 0.272. The van der Waals surface area contributed by atoms with Crippen LogP contribution < -0.4 is 9.62 Å². The third-order valence-corrected chi connectivity index (χ3v) is 10.0. The van der Waals surface area contributed by atoms with Gasteiger partial charge in [-0.05, 0) is 67.6 Å². The van der Waals surface area contributed by atoms with E-state index in [0.29, 0.717) is 22.0 Å². The molecule has 7 nitrogen and oxygen atoms in total. The summed E-state index contributed by atoms with van der Waals surface area (Å²) in [6.07, 6.45) is 4.25. The zero-order chi connectivity index (χ0) is 29.6. The smallest absolute Gasteiger partial charge is 0.264 e. The van der Waals surface area contributed by atoms with Gasteiger partial charge < -0.3 is 10.2 Å². The number of aryl methyl sites for hydroxylation is 1. The highest BCUT2D eigenvalue weighted by Crippen LogP contribution is 2.29. The molecule has 0 saturated heterocycles. The molecule has 10 heteroatoms. The summed E-state index contributed by atoms with van der Waals surface area (Å²) in [6.45, 7) is 3.16. The average molecular weight is 617 g/mol. The summed E-state index contributed by atoms with van der Waals surface area (Å²) in [7, 11) is -4.16. The fourth-order valence-electron chi connectivity index (χ4n) is 5.08. The van der Waals surface area contributed by atoms with Crippen LogP contribution in [0.25, 0.3) is 0 Å². The van der Waals surface area contributed by atoms with Gasteiger partial charge in [-0.3, -0.25) is 13.9 Å². The molecule has 1 N–H and O–H groups in total. The number of amides is 2. The van der Waals surface area contributed by atoms with E-state index in [1.165, 1.54) is 23.1 Å². The van der Waals surface area contributed by atoms with Crippen molar-refractivity contribution in [3.63, 3.8) is 0 Å². The number of carbonyl (C=O) groups excluding carboxylic acids is 2. The second kappa shape index (κ2) is 13.7. The third kappa shape index (κ3) is 7.42. The van der Waals surface area contributed by atoms with Gasteiger partial charge in [0.2, 0.25) is 11.8 Å². The van der Waals surface area contributed by atoms with Gasteiger partial charge in [-0.1, -0.05) is 85.4 Å². The largest absolute Gasteiger partial charge is 0.352 e. The maximum absolute atomic E-state index is 14.2. The SMILES string of the molecule is CC[C@@H](C(=O)NC1CCCC1)N(Cc1ccccc1Cl)C(=O)CN(c1ccc(C)c(Cl)c1)S(=O)(=O)c1ccccc1. The van der Waals surface area contributed by atoms with Crippen LogP contribution in [0.1, 0.15) is 50.2 Å². The predicted molar refractivity (Wildman–Crippen MR) is 164 cm³/mol. The van der Waals surface area contributed by atoms with Crippen molar-refractivity contribution in [3.05, 3.63) is 94.0 Å². The standard InChI is InChI=1S/C31H35Cl2N3O4S/c1-3-29(31(38)34-24-12-8-9-13-24)35(20-23-11-7-10-16-27(23)32)30(37)21-36(25-18-17-22(2)28(33)19-25)41(39,40)26-14-5-4-6-15-26/h4-7,10-11,14-19,24,29H,3,8-9,12-13,20-21H2,1-2H3,(H,34,38)/t29-/m0/s1.